The quantitative estimate of drug-likeness (QED) is 0.573. The van der Waals surface area contributed by atoms with Crippen LogP contribution in [0.2, 0.25) is 0 Å². The zero-order valence-corrected chi connectivity index (χ0v) is 7.16. The maximum absolute atomic E-state index is 11.0. The number of benzene rings is 1. The van der Waals surface area contributed by atoms with Gasteiger partial charge in [0.25, 0.3) is 0 Å². The standard InChI is InChI=1S/C9H11N3O/c10-7-3-1-2-6-4-5-12(8(6)7)9(11)13/h1-3H,4-5,10H2,(H2,11,13). The van der Waals surface area contributed by atoms with E-state index in [0.29, 0.717) is 12.2 Å². The molecule has 1 aromatic rings. The number of carbonyl (C=O) groups excluding carboxylic acids is 1. The Morgan fingerprint density at radius 2 is 2.23 bits per heavy atom. The minimum atomic E-state index is -0.434. The van der Waals surface area contributed by atoms with E-state index in [4.69, 9.17) is 11.5 Å². The van der Waals surface area contributed by atoms with E-state index >= 15 is 0 Å². The summed E-state index contributed by atoms with van der Waals surface area (Å²) in [6.07, 6.45) is 0.837. The zero-order chi connectivity index (χ0) is 9.42. The van der Waals surface area contributed by atoms with Crippen molar-refractivity contribution in [1.29, 1.82) is 0 Å². The van der Waals surface area contributed by atoms with Gasteiger partial charge in [-0.15, -0.1) is 0 Å². The number of amides is 2. The summed E-state index contributed by atoms with van der Waals surface area (Å²) in [5, 5.41) is 0. The summed E-state index contributed by atoms with van der Waals surface area (Å²) in [6, 6.07) is 5.20. The number of nitrogens with two attached hydrogens (primary N) is 2. The number of rotatable bonds is 0. The summed E-state index contributed by atoms with van der Waals surface area (Å²) >= 11 is 0. The predicted octanol–water partition coefficient (Wildman–Crippen LogP) is 0.710. The molecule has 0 unspecified atom stereocenters. The van der Waals surface area contributed by atoms with Crippen molar-refractivity contribution in [2.75, 3.05) is 17.2 Å². The molecule has 2 amide bonds. The SMILES string of the molecule is NC(=O)N1CCc2cccc(N)c21. The molecule has 0 radical (unpaired) electrons. The number of hydrogen-bond acceptors (Lipinski definition) is 2. The van der Waals surface area contributed by atoms with Crippen molar-refractivity contribution in [3.05, 3.63) is 23.8 Å². The van der Waals surface area contributed by atoms with Crippen molar-refractivity contribution in [2.45, 2.75) is 6.42 Å². The molecule has 13 heavy (non-hydrogen) atoms. The lowest BCUT2D eigenvalue weighted by molar-refractivity contribution is 0.254. The van der Waals surface area contributed by atoms with Crippen LogP contribution >= 0.6 is 0 Å². The number of urea groups is 1. The van der Waals surface area contributed by atoms with E-state index < -0.39 is 6.03 Å². The Morgan fingerprint density at radius 1 is 1.46 bits per heavy atom. The van der Waals surface area contributed by atoms with Gasteiger partial charge in [-0.2, -0.15) is 0 Å². The lowest BCUT2D eigenvalue weighted by atomic mass is 10.1. The van der Waals surface area contributed by atoms with Crippen molar-refractivity contribution >= 4 is 17.4 Å². The summed E-state index contributed by atoms with van der Waals surface area (Å²) in [7, 11) is 0. The largest absolute Gasteiger partial charge is 0.397 e. The van der Waals surface area contributed by atoms with E-state index in [1.807, 2.05) is 12.1 Å². The summed E-state index contributed by atoms with van der Waals surface area (Å²) in [5.74, 6) is 0. The zero-order valence-electron chi connectivity index (χ0n) is 7.16. The number of para-hydroxylation sites is 1. The molecule has 4 N–H and O–H groups in total. The molecule has 0 aromatic heterocycles. The highest BCUT2D eigenvalue weighted by Gasteiger charge is 2.24. The third-order valence-corrected chi connectivity index (χ3v) is 2.29. The fourth-order valence-electron chi connectivity index (χ4n) is 1.71. The Balaban J connectivity index is 2.52. The number of nitrogen functional groups attached to an aromatic ring is 1. The van der Waals surface area contributed by atoms with Crippen LogP contribution < -0.4 is 16.4 Å². The number of carbonyl (C=O) groups is 1. The molecule has 1 heterocycles. The van der Waals surface area contributed by atoms with Crippen molar-refractivity contribution in [1.82, 2.24) is 0 Å². The van der Waals surface area contributed by atoms with Crippen LogP contribution in [0.25, 0.3) is 0 Å². The minimum absolute atomic E-state index is 0.434. The molecule has 1 aliphatic heterocycles. The molecule has 4 heteroatoms. The third-order valence-electron chi connectivity index (χ3n) is 2.29. The molecule has 0 spiro atoms. The highest BCUT2D eigenvalue weighted by atomic mass is 16.2. The van der Waals surface area contributed by atoms with Gasteiger partial charge in [-0.25, -0.2) is 4.79 Å². The van der Waals surface area contributed by atoms with Crippen LogP contribution in [0.1, 0.15) is 5.56 Å². The Morgan fingerprint density at radius 3 is 2.92 bits per heavy atom. The van der Waals surface area contributed by atoms with E-state index in [1.54, 1.807) is 6.07 Å². The molecule has 0 aliphatic carbocycles. The van der Waals surface area contributed by atoms with E-state index in [0.717, 1.165) is 17.7 Å². The molecule has 0 fully saturated rings. The molecule has 0 bridgehead atoms. The van der Waals surface area contributed by atoms with E-state index in [9.17, 15) is 4.79 Å². The summed E-state index contributed by atoms with van der Waals surface area (Å²) in [6.45, 7) is 0.638. The van der Waals surface area contributed by atoms with Gasteiger partial charge in [-0.3, -0.25) is 4.90 Å². The van der Waals surface area contributed by atoms with Gasteiger partial charge < -0.3 is 11.5 Å². The monoisotopic (exact) mass is 177 g/mol. The lowest BCUT2D eigenvalue weighted by Gasteiger charge is -2.15. The molecule has 4 nitrogen and oxygen atoms in total. The van der Waals surface area contributed by atoms with Crippen molar-refractivity contribution in [2.24, 2.45) is 5.73 Å². The van der Waals surface area contributed by atoms with Crippen molar-refractivity contribution in [3.63, 3.8) is 0 Å². The lowest BCUT2D eigenvalue weighted by Crippen LogP contribution is -2.34. The van der Waals surface area contributed by atoms with Crippen LogP contribution in [-0.4, -0.2) is 12.6 Å². The Bertz CT molecular complexity index is 362. The number of primary amides is 1. The number of hydrogen-bond donors (Lipinski definition) is 2. The molecule has 0 saturated heterocycles. The number of nitrogens with zero attached hydrogens (tertiary/aromatic N) is 1. The second-order valence-electron chi connectivity index (χ2n) is 3.09. The van der Waals surface area contributed by atoms with Gasteiger partial charge in [0.1, 0.15) is 0 Å². The molecule has 2 rings (SSSR count). The molecule has 68 valence electrons. The molecule has 0 saturated carbocycles. The van der Waals surface area contributed by atoms with Crippen LogP contribution in [0.3, 0.4) is 0 Å². The first-order chi connectivity index (χ1) is 6.20. The normalized spacial score (nSPS) is 14.3. The second kappa shape index (κ2) is 2.65. The summed E-state index contributed by atoms with van der Waals surface area (Å²) < 4.78 is 0. The molecule has 0 atom stereocenters. The van der Waals surface area contributed by atoms with E-state index in [1.165, 1.54) is 4.90 Å². The Labute approximate surface area is 76.1 Å². The van der Waals surface area contributed by atoms with Crippen LogP contribution in [0, 0.1) is 0 Å². The summed E-state index contributed by atoms with van der Waals surface area (Å²) in [4.78, 5) is 12.5. The average molecular weight is 177 g/mol. The van der Waals surface area contributed by atoms with E-state index in [-0.39, 0.29) is 0 Å². The number of anilines is 2. The predicted molar refractivity (Wildman–Crippen MR) is 51.5 cm³/mol. The van der Waals surface area contributed by atoms with Crippen LogP contribution in [0.15, 0.2) is 18.2 Å². The van der Waals surface area contributed by atoms with Crippen LogP contribution in [0.4, 0.5) is 16.2 Å². The Kier molecular flexibility index (Phi) is 1.62. The average Bonchev–Trinajstić information content (AvgIpc) is 2.49. The van der Waals surface area contributed by atoms with Gasteiger partial charge >= 0.3 is 6.03 Å². The highest BCUT2D eigenvalue weighted by Crippen LogP contribution is 2.32. The first kappa shape index (κ1) is 7.91. The van der Waals surface area contributed by atoms with Gasteiger partial charge in [-0.1, -0.05) is 12.1 Å². The topological polar surface area (TPSA) is 72.4 Å². The maximum atomic E-state index is 11.0. The number of fused-ring (bicyclic) bond motifs is 1. The Hall–Kier alpha value is -1.71. The fourth-order valence-corrected chi connectivity index (χ4v) is 1.71. The first-order valence-electron chi connectivity index (χ1n) is 4.14. The van der Waals surface area contributed by atoms with Crippen LogP contribution in [-0.2, 0) is 6.42 Å². The maximum Gasteiger partial charge on any atom is 0.319 e. The molecule has 1 aliphatic rings. The van der Waals surface area contributed by atoms with Crippen molar-refractivity contribution in [3.8, 4) is 0 Å². The van der Waals surface area contributed by atoms with Gasteiger partial charge in [0.15, 0.2) is 0 Å². The van der Waals surface area contributed by atoms with E-state index in [2.05, 4.69) is 0 Å². The minimum Gasteiger partial charge on any atom is -0.397 e. The van der Waals surface area contributed by atoms with Gasteiger partial charge in [0, 0.05) is 6.54 Å². The molecule has 1 aromatic carbocycles. The van der Waals surface area contributed by atoms with Gasteiger partial charge in [0.05, 0.1) is 11.4 Å². The molecular formula is C9H11N3O. The van der Waals surface area contributed by atoms with Crippen LogP contribution in [0.5, 0.6) is 0 Å². The van der Waals surface area contributed by atoms with Gasteiger partial charge in [0.2, 0.25) is 0 Å². The smallest absolute Gasteiger partial charge is 0.319 e. The second-order valence-corrected chi connectivity index (χ2v) is 3.09. The highest BCUT2D eigenvalue weighted by molar-refractivity contribution is 5.96. The first-order valence-corrected chi connectivity index (χ1v) is 4.14. The fraction of sp³-hybridized carbons (Fsp3) is 0.222. The molecular weight excluding hydrogens is 166 g/mol. The third kappa shape index (κ3) is 1.11. The van der Waals surface area contributed by atoms with Gasteiger partial charge in [-0.05, 0) is 18.1 Å². The summed E-state index contributed by atoms with van der Waals surface area (Å²) in [5.41, 5.74) is 13.5. The van der Waals surface area contributed by atoms with Crippen molar-refractivity contribution < 1.29 is 4.79 Å².